The van der Waals surface area contributed by atoms with E-state index in [2.05, 4.69) is 38.3 Å². The first-order valence-electron chi connectivity index (χ1n) is 3.59. The topological polar surface area (TPSA) is 263 Å². The monoisotopic (exact) mass is 402 g/mol. The zero-order valence-corrected chi connectivity index (χ0v) is 13.0. The van der Waals surface area contributed by atoms with E-state index >= 15 is 0 Å². The van der Waals surface area contributed by atoms with Crippen LogP contribution in [0.3, 0.4) is 0 Å². The summed E-state index contributed by atoms with van der Waals surface area (Å²) in [5.41, 5.74) is 0. The molecule has 0 heterocycles. The molecule has 18 nitrogen and oxygen atoms in total. The third-order valence-corrected chi connectivity index (χ3v) is 1.02. The van der Waals surface area contributed by atoms with Crippen LogP contribution in [0.5, 0.6) is 0 Å². The van der Waals surface area contributed by atoms with Crippen molar-refractivity contribution in [3.63, 3.8) is 0 Å². The molecule has 0 rings (SSSR count). The molecule has 0 aromatic carbocycles. The van der Waals surface area contributed by atoms with Crippen LogP contribution in [0.15, 0.2) is 0 Å². The molecular weight excluding hydrogens is 400 g/mol. The van der Waals surface area contributed by atoms with Crippen molar-refractivity contribution in [2.75, 3.05) is 0 Å². The first-order valence-corrected chi connectivity index (χ1v) is 6.32. The average molecular weight is 402 g/mol. The van der Waals surface area contributed by atoms with Crippen molar-refractivity contribution >= 4 is 56.2 Å². The fraction of sp³-hybridized carbons (Fsp3) is 0. The molecule has 0 saturated heterocycles. The number of hydrogen-bond acceptors (Lipinski definition) is 16. The van der Waals surface area contributed by atoms with Crippen LogP contribution < -0.4 is 10.5 Å². The summed E-state index contributed by atoms with van der Waals surface area (Å²) >= 11 is 0. The third-order valence-electron chi connectivity index (χ3n) is 0.568. The van der Waals surface area contributed by atoms with E-state index in [1.807, 2.05) is 0 Å². The van der Waals surface area contributed by atoms with Gasteiger partial charge in [-0.3, -0.25) is 9.11 Å². The van der Waals surface area contributed by atoms with Crippen LogP contribution in [-0.2, 0) is 59.1 Å². The van der Waals surface area contributed by atoms with Crippen LogP contribution >= 0.6 is 0 Å². The molecule has 0 aromatic heterocycles. The van der Waals surface area contributed by atoms with E-state index in [9.17, 15) is 26.4 Å². The summed E-state index contributed by atoms with van der Waals surface area (Å²) in [6.07, 6.45) is -3.76. The largest absolute Gasteiger partial charge is 2.00 e. The maximum atomic E-state index is 9.66. The van der Waals surface area contributed by atoms with Crippen molar-refractivity contribution in [2.24, 2.45) is 0 Å². The summed E-state index contributed by atoms with van der Waals surface area (Å²) in [5.74, 6) is 0. The van der Waals surface area contributed by atoms with Crippen molar-refractivity contribution in [1.82, 2.24) is 0 Å². The Hall–Kier alpha value is -1.11. The van der Waals surface area contributed by atoms with E-state index in [-0.39, 0.29) is 23.1 Å². The standard InChI is InChI=1S/2CH2O9S.Mg/c2*2-1(7-3)8-9-10-11(4,5)6;/h2*3H,(H,4,5,6);/q;;+2/p-2. The second kappa shape index (κ2) is 13.3. The first kappa shape index (κ1) is 26.8. The van der Waals surface area contributed by atoms with Crippen LogP contribution in [0.25, 0.3) is 0 Å². The van der Waals surface area contributed by atoms with Gasteiger partial charge in [-0.1, -0.05) is 0 Å². The second-order valence-electron chi connectivity index (χ2n) is 1.96. The first-order chi connectivity index (χ1) is 9.91. The van der Waals surface area contributed by atoms with Gasteiger partial charge in [0.15, 0.2) is 0 Å². The Labute approximate surface area is 140 Å². The minimum absolute atomic E-state index is 0. The zero-order chi connectivity index (χ0) is 17.8. The molecule has 0 spiro atoms. The SMILES string of the molecule is O=C(O[O-])OOOS(=O)(=O)O.O=C(O[O-])OOOS(=O)(=O)O.[Mg+2]. The van der Waals surface area contributed by atoms with Gasteiger partial charge >= 0.3 is 56.2 Å². The molecular formula is C2H2MgO18S2. The van der Waals surface area contributed by atoms with E-state index in [1.165, 1.54) is 0 Å². The molecule has 0 bridgehead atoms. The normalized spacial score (nSPS) is 10.3. The van der Waals surface area contributed by atoms with E-state index < -0.39 is 33.1 Å². The molecule has 2 N–H and O–H groups in total. The molecule has 0 fully saturated rings. The Balaban J connectivity index is -0.000000333. The maximum absolute atomic E-state index is 9.66. The van der Waals surface area contributed by atoms with Crippen molar-refractivity contribution < 1.29 is 84.3 Å². The Kier molecular flexibility index (Phi) is 15.5. The quantitative estimate of drug-likeness (QED) is 0.184. The van der Waals surface area contributed by atoms with Gasteiger partial charge in [0.25, 0.3) is 0 Å². The predicted molar refractivity (Wildman–Crippen MR) is 48.3 cm³/mol. The van der Waals surface area contributed by atoms with Gasteiger partial charge in [0.1, 0.15) is 0 Å². The summed E-state index contributed by atoms with van der Waals surface area (Å²) in [5, 5.41) is 24.2. The van der Waals surface area contributed by atoms with E-state index in [4.69, 9.17) is 19.6 Å². The summed E-state index contributed by atoms with van der Waals surface area (Å²) in [6, 6.07) is 0. The average Bonchev–Trinajstić information content (AvgIpc) is 2.36. The van der Waals surface area contributed by atoms with Crippen molar-refractivity contribution in [1.29, 1.82) is 0 Å². The Morgan fingerprint density at radius 1 is 0.739 bits per heavy atom. The Morgan fingerprint density at radius 2 is 1.00 bits per heavy atom. The molecule has 0 aliphatic carbocycles. The summed E-state index contributed by atoms with van der Waals surface area (Å²) in [7, 11) is -9.77. The Morgan fingerprint density at radius 3 is 1.17 bits per heavy atom. The molecule has 0 saturated carbocycles. The van der Waals surface area contributed by atoms with Crippen LogP contribution in [0.4, 0.5) is 9.59 Å². The zero-order valence-electron chi connectivity index (χ0n) is 9.95. The van der Waals surface area contributed by atoms with Gasteiger partial charge in [-0.15, -0.1) is 0 Å². The molecule has 0 aromatic rings. The summed E-state index contributed by atoms with van der Waals surface area (Å²) in [6.45, 7) is 0. The molecule has 0 amide bonds. The summed E-state index contributed by atoms with van der Waals surface area (Å²) < 4.78 is 59.8. The van der Waals surface area contributed by atoms with Gasteiger partial charge in [-0.25, -0.2) is 19.4 Å². The smallest absolute Gasteiger partial charge is 0.659 e. The van der Waals surface area contributed by atoms with Gasteiger partial charge in [0, 0.05) is 10.1 Å². The molecule has 132 valence electrons. The fourth-order valence-electron chi connectivity index (χ4n) is 0.181. The van der Waals surface area contributed by atoms with Gasteiger partial charge < -0.3 is 20.3 Å². The van der Waals surface area contributed by atoms with Crippen molar-refractivity contribution in [2.45, 2.75) is 0 Å². The Bertz CT molecular complexity index is 479. The van der Waals surface area contributed by atoms with Crippen LogP contribution in [-0.4, -0.2) is 61.3 Å². The van der Waals surface area contributed by atoms with E-state index in [0.29, 0.717) is 0 Å². The van der Waals surface area contributed by atoms with Crippen LogP contribution in [0.2, 0.25) is 0 Å². The minimum Gasteiger partial charge on any atom is -0.659 e. The fourth-order valence-corrected chi connectivity index (χ4v) is 0.377. The molecule has 0 aliphatic rings. The molecule has 23 heavy (non-hydrogen) atoms. The van der Waals surface area contributed by atoms with Gasteiger partial charge in [-0.05, 0) is 8.67 Å². The van der Waals surface area contributed by atoms with Gasteiger partial charge in [0.2, 0.25) is 0 Å². The van der Waals surface area contributed by atoms with Gasteiger partial charge in [0.05, 0.1) is 0 Å². The third kappa shape index (κ3) is 26.1. The molecule has 0 radical (unpaired) electrons. The number of rotatable bonds is 6. The van der Waals surface area contributed by atoms with Crippen LogP contribution in [0.1, 0.15) is 0 Å². The number of carbonyl (C=O) groups excluding carboxylic acids is 2. The second-order valence-corrected chi connectivity index (χ2v) is 3.94. The molecule has 0 unspecified atom stereocenters. The van der Waals surface area contributed by atoms with E-state index in [1.54, 1.807) is 0 Å². The van der Waals surface area contributed by atoms with Gasteiger partial charge in [-0.2, -0.15) is 16.8 Å². The number of carbonyl (C=O) groups is 2. The van der Waals surface area contributed by atoms with Crippen LogP contribution in [0, 0.1) is 0 Å². The number of hydrogen-bond donors (Lipinski definition) is 2. The molecule has 0 aliphatic heterocycles. The maximum Gasteiger partial charge on any atom is 2.00 e. The van der Waals surface area contributed by atoms with Crippen molar-refractivity contribution in [3.8, 4) is 0 Å². The predicted octanol–water partition coefficient (Wildman–Crippen LogP) is -4.22. The van der Waals surface area contributed by atoms with E-state index in [0.717, 1.165) is 0 Å². The summed E-state index contributed by atoms with van der Waals surface area (Å²) in [4.78, 5) is 30.7. The minimum atomic E-state index is -4.89. The van der Waals surface area contributed by atoms with Crippen molar-refractivity contribution in [3.05, 3.63) is 0 Å². The molecule has 21 heteroatoms. The molecule has 0 atom stereocenters.